The molecular weight excluding hydrogens is 304 g/mol. The molecule has 24 heavy (non-hydrogen) atoms. The molecule has 1 unspecified atom stereocenters. The van der Waals surface area contributed by atoms with Gasteiger partial charge in [-0.05, 0) is 25.5 Å². The Morgan fingerprint density at radius 1 is 1.33 bits per heavy atom. The maximum Gasteiger partial charge on any atom is 0.254 e. The minimum absolute atomic E-state index is 0.0161. The molecule has 0 aliphatic carbocycles. The van der Waals surface area contributed by atoms with Crippen molar-refractivity contribution in [3.63, 3.8) is 0 Å². The fraction of sp³-hybridized carbons (Fsp3) is 0.389. The van der Waals surface area contributed by atoms with Crippen molar-refractivity contribution >= 4 is 11.7 Å². The first kappa shape index (κ1) is 16.4. The Morgan fingerprint density at radius 2 is 2.12 bits per heavy atom. The molecule has 2 aromatic rings. The van der Waals surface area contributed by atoms with Crippen LogP contribution in [0, 0.1) is 6.92 Å². The van der Waals surface area contributed by atoms with Crippen molar-refractivity contribution in [2.45, 2.75) is 19.4 Å². The second-order valence-electron chi connectivity index (χ2n) is 5.81. The number of ether oxygens (including phenoxy) is 1. The monoisotopic (exact) mass is 326 g/mol. The number of amides is 1. The largest absolute Gasteiger partial charge is 0.383 e. The summed E-state index contributed by atoms with van der Waals surface area (Å²) in [7, 11) is 1.67. The second-order valence-corrected chi connectivity index (χ2v) is 5.81. The third-order valence-corrected chi connectivity index (χ3v) is 4.11. The zero-order valence-electron chi connectivity index (χ0n) is 14.0. The van der Waals surface area contributed by atoms with E-state index in [-0.39, 0.29) is 11.9 Å². The van der Waals surface area contributed by atoms with Crippen molar-refractivity contribution in [1.82, 2.24) is 14.9 Å². The number of benzene rings is 1. The van der Waals surface area contributed by atoms with E-state index in [1.807, 2.05) is 48.2 Å². The quantitative estimate of drug-likeness (QED) is 0.826. The average molecular weight is 326 g/mol. The summed E-state index contributed by atoms with van der Waals surface area (Å²) in [4.78, 5) is 23.4. The van der Waals surface area contributed by atoms with Crippen LogP contribution in [0.15, 0.2) is 36.4 Å². The predicted molar refractivity (Wildman–Crippen MR) is 92.0 cm³/mol. The molecule has 2 heterocycles. The van der Waals surface area contributed by atoms with E-state index in [2.05, 4.69) is 15.3 Å². The van der Waals surface area contributed by atoms with Gasteiger partial charge in [-0.1, -0.05) is 18.2 Å². The number of aryl methyl sites for hydroxylation is 1. The van der Waals surface area contributed by atoms with Gasteiger partial charge in [0.05, 0.1) is 18.3 Å². The Labute approximate surface area is 141 Å². The molecule has 0 bridgehead atoms. The Kier molecular flexibility index (Phi) is 5.05. The normalized spacial score (nSPS) is 16.6. The molecule has 1 fully saturated rings. The van der Waals surface area contributed by atoms with E-state index >= 15 is 0 Å². The number of nitrogens with one attached hydrogen (secondary N) is 1. The van der Waals surface area contributed by atoms with E-state index in [0.717, 1.165) is 24.5 Å². The molecule has 1 amide bonds. The zero-order valence-corrected chi connectivity index (χ0v) is 14.0. The first-order chi connectivity index (χ1) is 11.7. The van der Waals surface area contributed by atoms with Gasteiger partial charge in [0.25, 0.3) is 5.91 Å². The molecule has 0 saturated carbocycles. The molecular formula is C18H22N4O2. The summed E-state index contributed by atoms with van der Waals surface area (Å²) in [6, 6.07) is 11.3. The lowest BCUT2D eigenvalue weighted by molar-refractivity contribution is 0.0450. The van der Waals surface area contributed by atoms with E-state index in [1.165, 1.54) is 0 Å². The maximum absolute atomic E-state index is 12.6. The smallest absolute Gasteiger partial charge is 0.254 e. The van der Waals surface area contributed by atoms with Crippen LogP contribution in [0.2, 0.25) is 0 Å². The summed E-state index contributed by atoms with van der Waals surface area (Å²) in [6.07, 6.45) is 0.923. The van der Waals surface area contributed by atoms with Crippen LogP contribution in [0.5, 0.6) is 0 Å². The number of carbonyl (C=O) groups excluding carboxylic acids is 1. The summed E-state index contributed by atoms with van der Waals surface area (Å²) in [5, 5.41) is 3.23. The second kappa shape index (κ2) is 7.40. The van der Waals surface area contributed by atoms with E-state index in [1.54, 1.807) is 7.11 Å². The molecule has 1 aromatic carbocycles. The standard InChI is InChI=1S/C18H22N4O2/c1-13-20-15(12-17(21-13)19-9-11-24-2)16-8-10-22(16)18(23)14-6-4-3-5-7-14/h3-7,12,16H,8-11H2,1-2H3,(H,19,20,21). The van der Waals surface area contributed by atoms with Gasteiger partial charge < -0.3 is 15.0 Å². The van der Waals surface area contributed by atoms with Gasteiger partial charge in [-0.15, -0.1) is 0 Å². The van der Waals surface area contributed by atoms with Gasteiger partial charge >= 0.3 is 0 Å². The van der Waals surface area contributed by atoms with Crippen LogP contribution in [0.3, 0.4) is 0 Å². The molecule has 0 spiro atoms. The Morgan fingerprint density at radius 3 is 2.79 bits per heavy atom. The molecule has 6 heteroatoms. The number of hydrogen-bond acceptors (Lipinski definition) is 5. The zero-order chi connectivity index (χ0) is 16.9. The predicted octanol–water partition coefficient (Wildman–Crippen LogP) is 2.43. The summed E-state index contributed by atoms with van der Waals surface area (Å²) in [6.45, 7) is 3.92. The fourth-order valence-corrected chi connectivity index (χ4v) is 2.82. The molecule has 126 valence electrons. The number of methoxy groups -OCH3 is 1. The minimum atomic E-state index is 0.0161. The lowest BCUT2D eigenvalue weighted by atomic mass is 9.97. The van der Waals surface area contributed by atoms with Crippen LogP contribution >= 0.6 is 0 Å². The van der Waals surface area contributed by atoms with E-state index in [9.17, 15) is 4.79 Å². The van der Waals surface area contributed by atoms with Crippen molar-refractivity contribution < 1.29 is 9.53 Å². The highest BCUT2D eigenvalue weighted by molar-refractivity contribution is 5.94. The number of carbonyl (C=O) groups is 1. The lowest BCUT2D eigenvalue weighted by Gasteiger charge is -2.40. The third-order valence-electron chi connectivity index (χ3n) is 4.11. The van der Waals surface area contributed by atoms with Crippen molar-refractivity contribution in [1.29, 1.82) is 0 Å². The van der Waals surface area contributed by atoms with Crippen molar-refractivity contribution in [3.8, 4) is 0 Å². The first-order valence-corrected chi connectivity index (χ1v) is 8.13. The Hall–Kier alpha value is -2.47. The summed E-state index contributed by atoms with van der Waals surface area (Å²) in [5.74, 6) is 1.52. The molecule has 1 aliphatic rings. The van der Waals surface area contributed by atoms with Crippen LogP contribution in [0.4, 0.5) is 5.82 Å². The number of anilines is 1. The van der Waals surface area contributed by atoms with Crippen molar-refractivity contribution in [2.24, 2.45) is 0 Å². The van der Waals surface area contributed by atoms with Crippen LogP contribution in [0.1, 0.15) is 34.3 Å². The molecule has 3 rings (SSSR count). The van der Waals surface area contributed by atoms with Crippen molar-refractivity contribution in [2.75, 3.05) is 32.1 Å². The number of hydrogen-bond donors (Lipinski definition) is 1. The third kappa shape index (κ3) is 3.54. The van der Waals surface area contributed by atoms with Gasteiger partial charge in [-0.25, -0.2) is 9.97 Å². The molecule has 1 aliphatic heterocycles. The highest BCUT2D eigenvalue weighted by atomic mass is 16.5. The maximum atomic E-state index is 12.6. The number of nitrogens with zero attached hydrogens (tertiary/aromatic N) is 3. The van der Waals surface area contributed by atoms with Gasteiger partial charge in [0.1, 0.15) is 11.6 Å². The van der Waals surface area contributed by atoms with Gasteiger partial charge in [0.15, 0.2) is 0 Å². The highest BCUT2D eigenvalue weighted by Gasteiger charge is 2.35. The van der Waals surface area contributed by atoms with E-state index < -0.39 is 0 Å². The van der Waals surface area contributed by atoms with Crippen LogP contribution in [-0.2, 0) is 4.74 Å². The SMILES string of the molecule is COCCNc1cc(C2CCN2C(=O)c2ccccc2)nc(C)n1. The van der Waals surface area contributed by atoms with E-state index in [4.69, 9.17) is 4.74 Å². The molecule has 0 radical (unpaired) electrons. The topological polar surface area (TPSA) is 67.3 Å². The lowest BCUT2D eigenvalue weighted by Crippen LogP contribution is -2.45. The van der Waals surface area contributed by atoms with Crippen molar-refractivity contribution in [3.05, 3.63) is 53.5 Å². The number of likely N-dealkylation sites (tertiary alicyclic amines) is 1. The van der Waals surface area contributed by atoms with Gasteiger partial charge in [-0.2, -0.15) is 0 Å². The number of aromatic nitrogens is 2. The summed E-state index contributed by atoms with van der Waals surface area (Å²) >= 11 is 0. The average Bonchev–Trinajstić information content (AvgIpc) is 2.54. The Balaban J connectivity index is 1.75. The van der Waals surface area contributed by atoms with Gasteiger partial charge in [-0.3, -0.25) is 4.79 Å². The number of rotatable bonds is 6. The molecule has 1 saturated heterocycles. The van der Waals surface area contributed by atoms with Crippen LogP contribution < -0.4 is 5.32 Å². The Bertz CT molecular complexity index is 705. The molecule has 1 aromatic heterocycles. The summed E-state index contributed by atoms with van der Waals surface area (Å²) in [5.41, 5.74) is 1.60. The summed E-state index contributed by atoms with van der Waals surface area (Å²) < 4.78 is 5.04. The minimum Gasteiger partial charge on any atom is -0.383 e. The first-order valence-electron chi connectivity index (χ1n) is 8.13. The van der Waals surface area contributed by atoms with Crippen LogP contribution in [-0.4, -0.2) is 47.6 Å². The molecule has 1 atom stereocenters. The molecule has 6 nitrogen and oxygen atoms in total. The van der Waals surface area contributed by atoms with Gasteiger partial charge in [0.2, 0.25) is 0 Å². The van der Waals surface area contributed by atoms with E-state index in [0.29, 0.717) is 24.5 Å². The van der Waals surface area contributed by atoms with Gasteiger partial charge in [0, 0.05) is 31.8 Å². The van der Waals surface area contributed by atoms with Crippen LogP contribution in [0.25, 0.3) is 0 Å². The molecule has 1 N–H and O–H groups in total. The fourth-order valence-electron chi connectivity index (χ4n) is 2.82. The highest BCUT2D eigenvalue weighted by Crippen LogP contribution is 2.34.